The van der Waals surface area contributed by atoms with Crippen molar-refractivity contribution in [1.29, 1.82) is 0 Å². The van der Waals surface area contributed by atoms with Crippen LogP contribution in [-0.4, -0.2) is 18.8 Å². The van der Waals surface area contributed by atoms with Crippen LogP contribution in [0.25, 0.3) is 5.70 Å². The number of fused-ring (bicyclic) bond motifs is 1. The van der Waals surface area contributed by atoms with Crippen LogP contribution in [0.3, 0.4) is 0 Å². The van der Waals surface area contributed by atoms with E-state index in [1.165, 1.54) is 9.87 Å². The molecule has 170 valence electrons. The normalized spacial score (nSPS) is 17.6. The van der Waals surface area contributed by atoms with Gasteiger partial charge in [-0.2, -0.15) is 0 Å². The van der Waals surface area contributed by atoms with E-state index in [1.807, 2.05) is 79.8 Å². The highest BCUT2D eigenvalue weighted by Crippen LogP contribution is 2.40. The monoisotopic (exact) mass is 466 g/mol. The van der Waals surface area contributed by atoms with Gasteiger partial charge >= 0.3 is 0 Å². The van der Waals surface area contributed by atoms with Gasteiger partial charge in [-0.15, -0.1) is 0 Å². The topological polar surface area (TPSA) is 40.6 Å². The molecule has 5 heteroatoms. The molecule has 1 unspecified atom stereocenters. The second-order valence-electron chi connectivity index (χ2n) is 8.51. The SMILES string of the molecule is Cc1ccc(N2C(c3ccccc3)=CN(S(=O)(=O)c3ccc(C)cc3)C3=CC=CC=CC32)cc1. The highest BCUT2D eigenvalue weighted by Gasteiger charge is 2.38. The lowest BCUT2D eigenvalue weighted by atomic mass is 10.0. The van der Waals surface area contributed by atoms with E-state index in [-0.39, 0.29) is 10.9 Å². The van der Waals surface area contributed by atoms with Crippen LogP contribution in [0, 0.1) is 13.8 Å². The Labute approximate surface area is 201 Å². The minimum Gasteiger partial charge on any atom is -0.327 e. The molecule has 1 heterocycles. The number of hydrogen-bond donors (Lipinski definition) is 0. The Morgan fingerprint density at radius 3 is 2.06 bits per heavy atom. The molecule has 4 nitrogen and oxygen atoms in total. The molecule has 0 fully saturated rings. The predicted molar refractivity (Wildman–Crippen MR) is 138 cm³/mol. The summed E-state index contributed by atoms with van der Waals surface area (Å²) in [6, 6.07) is 24.9. The smallest absolute Gasteiger partial charge is 0.267 e. The predicted octanol–water partition coefficient (Wildman–Crippen LogP) is 6.19. The van der Waals surface area contributed by atoms with Crippen molar-refractivity contribution in [1.82, 2.24) is 4.31 Å². The Balaban J connectivity index is 1.75. The number of rotatable bonds is 4. The zero-order valence-corrected chi connectivity index (χ0v) is 20.0. The Hall–Kier alpha value is -3.83. The van der Waals surface area contributed by atoms with Crippen LogP contribution in [0.4, 0.5) is 5.69 Å². The Morgan fingerprint density at radius 2 is 1.38 bits per heavy atom. The van der Waals surface area contributed by atoms with Gasteiger partial charge < -0.3 is 4.90 Å². The summed E-state index contributed by atoms with van der Waals surface area (Å²) in [4.78, 5) is 2.47. The molecule has 1 aliphatic heterocycles. The Kier molecular flexibility index (Phi) is 5.72. The van der Waals surface area contributed by atoms with Crippen LogP contribution in [0.15, 0.2) is 126 Å². The van der Waals surface area contributed by atoms with E-state index < -0.39 is 10.0 Å². The van der Waals surface area contributed by atoms with E-state index in [2.05, 4.69) is 36.1 Å². The molecule has 3 aromatic carbocycles. The van der Waals surface area contributed by atoms with Crippen LogP contribution >= 0.6 is 0 Å². The fourth-order valence-corrected chi connectivity index (χ4v) is 5.66. The maximum absolute atomic E-state index is 13.9. The molecule has 0 spiro atoms. The third kappa shape index (κ3) is 3.99. The molecular formula is C29H26N2O2S. The van der Waals surface area contributed by atoms with E-state index >= 15 is 0 Å². The minimum absolute atomic E-state index is 0.266. The second-order valence-corrected chi connectivity index (χ2v) is 10.3. The van der Waals surface area contributed by atoms with Crippen molar-refractivity contribution in [3.05, 3.63) is 138 Å². The summed E-state index contributed by atoms with van der Waals surface area (Å²) in [5.74, 6) is 0. The molecule has 2 aliphatic rings. The van der Waals surface area contributed by atoms with Gasteiger partial charge in [-0.1, -0.05) is 90.0 Å². The summed E-state index contributed by atoms with van der Waals surface area (Å²) in [6.45, 7) is 4.01. The van der Waals surface area contributed by atoms with Gasteiger partial charge in [0.2, 0.25) is 0 Å². The number of benzene rings is 3. The molecule has 0 radical (unpaired) electrons. The minimum atomic E-state index is -3.82. The van der Waals surface area contributed by atoms with Gasteiger partial charge in [0.05, 0.1) is 22.3 Å². The Bertz CT molecular complexity index is 1420. The lowest BCUT2D eigenvalue weighted by Gasteiger charge is -2.43. The van der Waals surface area contributed by atoms with E-state index in [4.69, 9.17) is 0 Å². The summed E-state index contributed by atoms with van der Waals surface area (Å²) < 4.78 is 29.2. The number of allylic oxidation sites excluding steroid dienone is 4. The van der Waals surface area contributed by atoms with Crippen LogP contribution < -0.4 is 4.90 Å². The number of sulfonamides is 1. The molecule has 0 saturated carbocycles. The van der Waals surface area contributed by atoms with Crippen molar-refractivity contribution in [3.8, 4) is 0 Å². The standard InChI is InChI=1S/C29H26N2O2S/c1-22-13-17-25(18-14-22)31-28-12-8-4-7-11-27(28)30(21-29(31)24-9-5-3-6-10-24)34(32,33)26-19-15-23(2)16-20-26/h3-21,28H,1-2H3. The van der Waals surface area contributed by atoms with Gasteiger partial charge in [0.15, 0.2) is 0 Å². The maximum Gasteiger partial charge on any atom is 0.267 e. The summed E-state index contributed by atoms with van der Waals surface area (Å²) in [6.07, 6.45) is 11.5. The van der Waals surface area contributed by atoms with Crippen molar-refractivity contribution in [2.75, 3.05) is 4.90 Å². The highest BCUT2D eigenvalue weighted by atomic mass is 32.2. The summed E-state index contributed by atoms with van der Waals surface area (Å²) in [7, 11) is -3.82. The first-order valence-corrected chi connectivity index (χ1v) is 12.7. The van der Waals surface area contributed by atoms with Gasteiger partial charge in [-0.25, -0.2) is 12.7 Å². The molecule has 0 aromatic heterocycles. The summed E-state index contributed by atoms with van der Waals surface area (Å²) >= 11 is 0. The molecule has 1 atom stereocenters. The Morgan fingerprint density at radius 1 is 0.735 bits per heavy atom. The fraction of sp³-hybridized carbons (Fsp3) is 0.103. The lowest BCUT2D eigenvalue weighted by Crippen LogP contribution is -2.45. The molecule has 0 N–H and O–H groups in total. The molecule has 0 amide bonds. The largest absolute Gasteiger partial charge is 0.327 e. The average molecular weight is 467 g/mol. The molecule has 0 saturated heterocycles. The van der Waals surface area contributed by atoms with Crippen molar-refractivity contribution < 1.29 is 8.42 Å². The van der Waals surface area contributed by atoms with Crippen LogP contribution in [0.5, 0.6) is 0 Å². The molecular weight excluding hydrogens is 440 g/mol. The molecule has 34 heavy (non-hydrogen) atoms. The summed E-state index contributed by atoms with van der Waals surface area (Å²) in [5.41, 5.74) is 5.61. The first kappa shape index (κ1) is 22.0. The number of hydrogen-bond acceptors (Lipinski definition) is 3. The molecule has 0 bridgehead atoms. The van der Waals surface area contributed by atoms with E-state index in [0.717, 1.165) is 22.5 Å². The maximum atomic E-state index is 13.9. The second kappa shape index (κ2) is 8.84. The lowest BCUT2D eigenvalue weighted by molar-refractivity contribution is 0.522. The summed E-state index contributed by atoms with van der Waals surface area (Å²) in [5, 5.41) is 0. The first-order chi connectivity index (χ1) is 16.4. The van der Waals surface area contributed by atoms with Crippen molar-refractivity contribution in [3.63, 3.8) is 0 Å². The third-order valence-electron chi connectivity index (χ3n) is 6.08. The average Bonchev–Trinajstić information content (AvgIpc) is 3.10. The van der Waals surface area contributed by atoms with Crippen LogP contribution in [-0.2, 0) is 10.0 Å². The molecule has 5 rings (SSSR count). The van der Waals surface area contributed by atoms with Gasteiger partial charge in [-0.05, 0) is 49.8 Å². The van der Waals surface area contributed by atoms with Crippen molar-refractivity contribution in [2.24, 2.45) is 0 Å². The van der Waals surface area contributed by atoms with Gasteiger partial charge in [0, 0.05) is 11.9 Å². The van der Waals surface area contributed by atoms with E-state index in [1.54, 1.807) is 18.3 Å². The van der Waals surface area contributed by atoms with Crippen LogP contribution in [0.1, 0.15) is 16.7 Å². The highest BCUT2D eigenvalue weighted by molar-refractivity contribution is 7.89. The fourth-order valence-electron chi connectivity index (χ4n) is 4.26. The quantitative estimate of drug-likeness (QED) is 0.460. The van der Waals surface area contributed by atoms with Crippen LogP contribution in [0.2, 0.25) is 0 Å². The molecule has 3 aromatic rings. The van der Waals surface area contributed by atoms with Gasteiger partial charge in [-0.3, -0.25) is 0 Å². The van der Waals surface area contributed by atoms with Gasteiger partial charge in [0.1, 0.15) is 0 Å². The van der Waals surface area contributed by atoms with E-state index in [9.17, 15) is 8.42 Å². The van der Waals surface area contributed by atoms with Crippen molar-refractivity contribution >= 4 is 21.4 Å². The number of anilines is 1. The molecule has 1 aliphatic carbocycles. The first-order valence-electron chi connectivity index (χ1n) is 11.2. The van der Waals surface area contributed by atoms with Gasteiger partial charge in [0.25, 0.3) is 10.0 Å². The van der Waals surface area contributed by atoms with E-state index in [0.29, 0.717) is 5.70 Å². The van der Waals surface area contributed by atoms with Crippen molar-refractivity contribution in [2.45, 2.75) is 24.8 Å². The number of aryl methyl sites for hydroxylation is 2. The number of nitrogens with zero attached hydrogens (tertiary/aromatic N) is 2. The third-order valence-corrected chi connectivity index (χ3v) is 7.78. The zero-order valence-electron chi connectivity index (χ0n) is 19.2. The zero-order chi connectivity index (χ0) is 23.7.